The van der Waals surface area contributed by atoms with Crippen molar-refractivity contribution in [1.82, 2.24) is 29.1 Å². The Morgan fingerprint density at radius 1 is 0.854 bits per heavy atom. The molecule has 0 amide bonds. The summed E-state index contributed by atoms with van der Waals surface area (Å²) in [6.45, 7) is 3.26. The Labute approximate surface area is 284 Å². The van der Waals surface area contributed by atoms with Crippen molar-refractivity contribution in [1.29, 1.82) is 0 Å². The number of fused-ring (bicyclic) bond motifs is 1. The Balaban J connectivity index is 1.14. The maximum Gasteiger partial charge on any atom is 0.332 e. The fraction of sp³-hybridized carbons (Fsp3) is 0.564. The summed E-state index contributed by atoms with van der Waals surface area (Å²) in [5.41, 5.74) is 3.59. The lowest BCUT2D eigenvalue weighted by atomic mass is 9.71. The van der Waals surface area contributed by atoms with Crippen LogP contribution in [0.3, 0.4) is 0 Å². The van der Waals surface area contributed by atoms with Gasteiger partial charge in [-0.25, -0.2) is 9.48 Å². The Hall–Kier alpha value is -3.69. The first-order valence-corrected chi connectivity index (χ1v) is 18.5. The van der Waals surface area contributed by atoms with E-state index in [-0.39, 0.29) is 17.3 Å². The number of likely N-dealkylation sites (N-methyl/N-ethyl adjacent to an activating group) is 1. The third-order valence-electron chi connectivity index (χ3n) is 11.5. The fourth-order valence-corrected chi connectivity index (χ4v) is 8.58. The number of piperidine rings is 1. The van der Waals surface area contributed by atoms with Crippen LogP contribution in [0.1, 0.15) is 107 Å². The van der Waals surface area contributed by atoms with Crippen molar-refractivity contribution in [3.63, 3.8) is 0 Å². The lowest BCUT2D eigenvalue weighted by Crippen LogP contribution is -2.42. The number of benzene rings is 2. The summed E-state index contributed by atoms with van der Waals surface area (Å²) in [6.07, 6.45) is 17.3. The molecule has 9 heteroatoms. The number of aromatic nitrogens is 4. The summed E-state index contributed by atoms with van der Waals surface area (Å²) in [4.78, 5) is 29.5. The molecule has 2 aromatic heterocycles. The lowest BCUT2D eigenvalue weighted by molar-refractivity contribution is 0.141. The molecule has 1 aliphatic carbocycles. The third-order valence-corrected chi connectivity index (χ3v) is 11.5. The molecule has 4 aromatic rings. The summed E-state index contributed by atoms with van der Waals surface area (Å²) in [7, 11) is 3.64. The second-order valence-electron chi connectivity index (χ2n) is 15.0. The van der Waals surface area contributed by atoms with Crippen molar-refractivity contribution >= 4 is 22.5 Å². The maximum absolute atomic E-state index is 13.7. The van der Waals surface area contributed by atoms with Gasteiger partial charge in [-0.15, -0.1) is 0 Å². The smallest absolute Gasteiger partial charge is 0.332 e. The van der Waals surface area contributed by atoms with Gasteiger partial charge in [0.25, 0.3) is 5.56 Å². The molecule has 4 heterocycles. The Bertz CT molecular complexity index is 1780. The van der Waals surface area contributed by atoms with Crippen molar-refractivity contribution in [2.75, 3.05) is 32.0 Å². The second-order valence-corrected chi connectivity index (χ2v) is 15.0. The number of anilines is 2. The first-order chi connectivity index (χ1) is 23.4. The molecule has 2 aliphatic heterocycles. The van der Waals surface area contributed by atoms with Gasteiger partial charge in [0.05, 0.1) is 12.6 Å². The predicted molar refractivity (Wildman–Crippen MR) is 194 cm³/mol. The number of nitrogens with one attached hydrogen (secondary N) is 2. The molecule has 9 nitrogen and oxygen atoms in total. The van der Waals surface area contributed by atoms with Crippen LogP contribution in [0.25, 0.3) is 11.0 Å². The molecule has 3 fully saturated rings. The van der Waals surface area contributed by atoms with Crippen molar-refractivity contribution in [2.24, 2.45) is 12.5 Å². The van der Waals surface area contributed by atoms with E-state index in [1.54, 1.807) is 11.6 Å². The molecule has 1 saturated carbocycles. The first kappa shape index (κ1) is 32.8. The molecule has 48 heavy (non-hydrogen) atoms. The zero-order valence-electron chi connectivity index (χ0n) is 28.9. The van der Waals surface area contributed by atoms with Crippen molar-refractivity contribution < 1.29 is 0 Å². The van der Waals surface area contributed by atoms with Crippen LogP contribution in [0.4, 0.5) is 11.5 Å². The van der Waals surface area contributed by atoms with Crippen LogP contribution in [0, 0.1) is 5.41 Å². The van der Waals surface area contributed by atoms with Crippen LogP contribution in [-0.2, 0) is 13.6 Å². The third kappa shape index (κ3) is 6.90. The molecule has 2 atom stereocenters. The largest absolute Gasteiger partial charge is 0.340 e. The summed E-state index contributed by atoms with van der Waals surface area (Å²) in [5, 5.41) is 12.9. The van der Waals surface area contributed by atoms with E-state index in [0.29, 0.717) is 34.9 Å². The summed E-state index contributed by atoms with van der Waals surface area (Å²) >= 11 is 0. The summed E-state index contributed by atoms with van der Waals surface area (Å²) in [5.74, 6) is 0.613. The Morgan fingerprint density at radius 3 is 2.17 bits per heavy atom. The minimum absolute atomic E-state index is 0.0352. The highest BCUT2D eigenvalue weighted by atomic mass is 16.2. The van der Waals surface area contributed by atoms with Crippen LogP contribution >= 0.6 is 0 Å². The topological polar surface area (TPSA) is 89.1 Å². The highest BCUT2D eigenvalue weighted by Crippen LogP contribution is 2.42. The molecule has 2 aromatic carbocycles. The average Bonchev–Trinajstić information content (AvgIpc) is 3.67. The van der Waals surface area contributed by atoms with E-state index in [1.165, 1.54) is 87.2 Å². The van der Waals surface area contributed by atoms with E-state index in [9.17, 15) is 9.59 Å². The zero-order chi connectivity index (χ0) is 33.1. The fourth-order valence-electron chi connectivity index (χ4n) is 8.58. The van der Waals surface area contributed by atoms with Gasteiger partial charge in [0.2, 0.25) is 0 Å². The summed E-state index contributed by atoms with van der Waals surface area (Å²) < 4.78 is 4.85. The van der Waals surface area contributed by atoms with E-state index in [2.05, 4.69) is 46.8 Å². The Kier molecular flexibility index (Phi) is 9.87. The number of hydrogen-bond donors (Lipinski definition) is 2. The molecule has 1 spiro atoms. The van der Waals surface area contributed by atoms with E-state index in [0.717, 1.165) is 37.3 Å². The van der Waals surface area contributed by atoms with Crippen molar-refractivity contribution in [3.8, 4) is 0 Å². The number of nitrogens with zero attached hydrogens (tertiary/aromatic N) is 5. The predicted octanol–water partition coefficient (Wildman–Crippen LogP) is 6.89. The molecule has 2 saturated heterocycles. The molecule has 256 valence electrons. The lowest BCUT2D eigenvalue weighted by Gasteiger charge is -2.42. The second kappa shape index (κ2) is 14.4. The van der Waals surface area contributed by atoms with Gasteiger partial charge in [0, 0.05) is 31.9 Å². The van der Waals surface area contributed by atoms with Gasteiger partial charge < -0.3 is 15.5 Å². The first-order valence-electron chi connectivity index (χ1n) is 18.5. The SMILES string of the molecule is CN1CCC(n2c(=O)n(C)c(=O)c3c(Nc4ccccc4)n(Cc4ccc(C5CCC6(CCCCCCCCCC6)CN5)cc4)nc32)C1. The van der Waals surface area contributed by atoms with Gasteiger partial charge in [-0.05, 0) is 74.4 Å². The van der Waals surface area contributed by atoms with Gasteiger partial charge >= 0.3 is 5.69 Å². The quantitative estimate of drug-likeness (QED) is 0.236. The van der Waals surface area contributed by atoms with Crippen molar-refractivity contribution in [3.05, 3.63) is 86.6 Å². The minimum Gasteiger partial charge on any atom is -0.340 e. The average molecular weight is 652 g/mol. The van der Waals surface area contributed by atoms with Gasteiger partial charge in [0.15, 0.2) is 5.65 Å². The molecule has 0 bridgehead atoms. The molecular formula is C39H53N7O2. The number of hydrogen-bond acceptors (Lipinski definition) is 6. The van der Waals surface area contributed by atoms with Gasteiger partial charge in [0.1, 0.15) is 11.2 Å². The molecule has 0 radical (unpaired) electrons. The van der Waals surface area contributed by atoms with Crippen LogP contribution in [-0.4, -0.2) is 50.5 Å². The van der Waals surface area contributed by atoms with Gasteiger partial charge in [-0.3, -0.25) is 13.9 Å². The highest BCUT2D eigenvalue weighted by molar-refractivity contribution is 5.89. The van der Waals surface area contributed by atoms with Gasteiger partial charge in [-0.1, -0.05) is 93.8 Å². The van der Waals surface area contributed by atoms with Crippen molar-refractivity contribution in [2.45, 2.75) is 102 Å². The normalized spacial score (nSPS) is 22.5. The summed E-state index contributed by atoms with van der Waals surface area (Å²) in [6, 6.07) is 19.1. The van der Waals surface area contributed by atoms with Crippen LogP contribution in [0.15, 0.2) is 64.2 Å². The van der Waals surface area contributed by atoms with E-state index >= 15 is 0 Å². The molecule has 7 rings (SSSR count). The standard InChI is InChI=1S/C39H53N7O2/c1-43-25-21-32(27-43)46-36-34(37(47)44(2)38(46)48)35(41-31-14-10-9-11-15-31)45(42-36)26-29-16-18-30(19-17-29)33-20-24-39(28-40-33)22-12-7-5-3-4-6-8-13-23-39/h9-11,14-19,32-33,40-41H,3-8,12-13,20-28H2,1-2H3. The molecule has 3 aliphatic rings. The minimum atomic E-state index is -0.329. The van der Waals surface area contributed by atoms with E-state index < -0.39 is 0 Å². The monoisotopic (exact) mass is 651 g/mol. The maximum atomic E-state index is 13.7. The molecule has 2 unspecified atom stereocenters. The molecule has 2 N–H and O–H groups in total. The number of likely N-dealkylation sites (tertiary alicyclic amines) is 1. The van der Waals surface area contributed by atoms with Crippen LogP contribution in [0.5, 0.6) is 0 Å². The number of rotatable bonds is 6. The number of para-hydroxylation sites is 1. The highest BCUT2D eigenvalue weighted by Gasteiger charge is 2.35. The van der Waals surface area contributed by atoms with Gasteiger partial charge in [-0.2, -0.15) is 5.10 Å². The molecular weight excluding hydrogens is 598 g/mol. The van der Waals surface area contributed by atoms with Crippen LogP contribution < -0.4 is 21.9 Å². The Morgan fingerprint density at radius 2 is 1.54 bits per heavy atom. The van der Waals surface area contributed by atoms with E-state index in [1.807, 2.05) is 35.0 Å². The van der Waals surface area contributed by atoms with E-state index in [4.69, 9.17) is 5.10 Å². The van der Waals surface area contributed by atoms with Crippen LogP contribution in [0.2, 0.25) is 0 Å². The zero-order valence-corrected chi connectivity index (χ0v) is 28.9.